The molecular formula is C24H29N3O3. The minimum atomic E-state index is -1.01. The van der Waals surface area contributed by atoms with Crippen molar-refractivity contribution in [3.8, 4) is 0 Å². The predicted octanol–water partition coefficient (Wildman–Crippen LogP) is 2.86. The highest BCUT2D eigenvalue weighted by Crippen LogP contribution is 2.55. The van der Waals surface area contributed by atoms with E-state index < -0.39 is 11.6 Å². The Bertz CT molecular complexity index is 906. The molecule has 30 heavy (non-hydrogen) atoms. The predicted molar refractivity (Wildman–Crippen MR) is 110 cm³/mol. The number of urea groups is 1. The number of nitrogens with one attached hydrogen (secondary N) is 2. The van der Waals surface area contributed by atoms with Crippen molar-refractivity contribution in [3.05, 3.63) is 35.4 Å². The first-order chi connectivity index (χ1) is 14.5. The molecule has 5 fully saturated rings. The molecule has 2 N–H and O–H groups in total. The average molecular weight is 408 g/mol. The van der Waals surface area contributed by atoms with Crippen LogP contribution >= 0.6 is 0 Å². The van der Waals surface area contributed by atoms with Gasteiger partial charge in [0.15, 0.2) is 0 Å². The van der Waals surface area contributed by atoms with E-state index in [0.717, 1.165) is 65.9 Å². The molecule has 5 aliphatic carbocycles. The third-order valence-electron chi connectivity index (χ3n) is 8.40. The highest BCUT2D eigenvalue weighted by molar-refractivity contribution is 6.09. The number of imide groups is 1. The summed E-state index contributed by atoms with van der Waals surface area (Å²) in [5.41, 5.74) is 0.878. The SMILES string of the molecule is O=C(CN1C(=O)N[C@@]2(CCCc3ccccc32)C1=O)NC12CC3CC(CC(C3)C1)C2. The number of amides is 4. The first kappa shape index (κ1) is 18.4. The largest absolute Gasteiger partial charge is 0.349 e. The third-order valence-corrected chi connectivity index (χ3v) is 8.40. The highest BCUT2D eigenvalue weighted by atomic mass is 16.2. The molecule has 4 amide bonds. The monoisotopic (exact) mass is 407 g/mol. The molecule has 6 aliphatic rings. The van der Waals surface area contributed by atoms with Gasteiger partial charge in [-0.25, -0.2) is 4.79 Å². The lowest BCUT2D eigenvalue weighted by atomic mass is 9.53. The van der Waals surface area contributed by atoms with Gasteiger partial charge in [-0.15, -0.1) is 0 Å². The lowest BCUT2D eigenvalue weighted by Crippen LogP contribution is -2.61. The molecule has 1 aliphatic heterocycles. The molecule has 1 heterocycles. The van der Waals surface area contributed by atoms with Crippen LogP contribution in [0.5, 0.6) is 0 Å². The van der Waals surface area contributed by atoms with E-state index in [2.05, 4.69) is 10.6 Å². The third kappa shape index (κ3) is 2.65. The van der Waals surface area contributed by atoms with Gasteiger partial charge in [-0.3, -0.25) is 14.5 Å². The minimum absolute atomic E-state index is 0.111. The molecule has 158 valence electrons. The zero-order chi connectivity index (χ0) is 20.5. The minimum Gasteiger partial charge on any atom is -0.349 e. The number of nitrogens with zero attached hydrogens (tertiary/aromatic N) is 1. The molecule has 1 atom stereocenters. The van der Waals surface area contributed by atoms with Crippen LogP contribution in [0.15, 0.2) is 24.3 Å². The molecule has 4 saturated carbocycles. The summed E-state index contributed by atoms with van der Waals surface area (Å²) in [5, 5.41) is 6.24. The summed E-state index contributed by atoms with van der Waals surface area (Å²) >= 11 is 0. The molecule has 4 bridgehead atoms. The maximum atomic E-state index is 13.4. The van der Waals surface area contributed by atoms with Crippen LogP contribution in [-0.4, -0.2) is 34.8 Å². The van der Waals surface area contributed by atoms with Crippen LogP contribution in [0.1, 0.15) is 62.5 Å². The van der Waals surface area contributed by atoms with E-state index in [0.29, 0.717) is 6.42 Å². The van der Waals surface area contributed by atoms with E-state index in [1.54, 1.807) is 0 Å². The fourth-order valence-corrected chi connectivity index (χ4v) is 7.70. The van der Waals surface area contributed by atoms with Crippen LogP contribution in [0.2, 0.25) is 0 Å². The summed E-state index contributed by atoms with van der Waals surface area (Å²) < 4.78 is 0. The van der Waals surface area contributed by atoms with E-state index in [-0.39, 0.29) is 23.9 Å². The fraction of sp³-hybridized carbons (Fsp3) is 0.625. The standard InChI is InChI=1S/C24H29N3O3/c28-20(25-23-11-15-8-16(12-23)10-17(9-15)13-23)14-27-21(29)24(26-22(27)30)7-3-5-18-4-1-2-6-19(18)24/h1-2,4,6,15-17H,3,5,7-14H2,(H,25,28)(H,26,30)/t15?,16?,17?,23?,24-/m1/s1. The van der Waals surface area contributed by atoms with Crippen LogP contribution in [0, 0.1) is 17.8 Å². The Hall–Kier alpha value is -2.37. The van der Waals surface area contributed by atoms with Crippen molar-refractivity contribution in [1.82, 2.24) is 15.5 Å². The van der Waals surface area contributed by atoms with Crippen molar-refractivity contribution in [3.63, 3.8) is 0 Å². The molecule has 0 radical (unpaired) electrons. The second kappa shape index (κ2) is 6.32. The lowest BCUT2D eigenvalue weighted by Gasteiger charge is -2.56. The zero-order valence-corrected chi connectivity index (χ0v) is 17.3. The Morgan fingerprint density at radius 3 is 2.43 bits per heavy atom. The van der Waals surface area contributed by atoms with E-state index in [1.807, 2.05) is 24.3 Å². The first-order valence-electron chi connectivity index (χ1n) is 11.5. The van der Waals surface area contributed by atoms with Crippen molar-refractivity contribution in [1.29, 1.82) is 0 Å². The number of fused-ring (bicyclic) bond motifs is 2. The van der Waals surface area contributed by atoms with Crippen molar-refractivity contribution in [2.45, 2.75) is 68.9 Å². The van der Waals surface area contributed by atoms with Gasteiger partial charge < -0.3 is 10.6 Å². The maximum Gasteiger partial charge on any atom is 0.325 e. The zero-order valence-electron chi connectivity index (χ0n) is 17.3. The van der Waals surface area contributed by atoms with Gasteiger partial charge in [0, 0.05) is 5.54 Å². The molecule has 0 aromatic heterocycles. The van der Waals surface area contributed by atoms with Crippen molar-refractivity contribution in [2.75, 3.05) is 6.54 Å². The van der Waals surface area contributed by atoms with E-state index >= 15 is 0 Å². The number of benzene rings is 1. The molecule has 1 aromatic carbocycles. The molecule has 0 unspecified atom stereocenters. The van der Waals surface area contributed by atoms with Gasteiger partial charge >= 0.3 is 6.03 Å². The summed E-state index contributed by atoms with van der Waals surface area (Å²) in [5.74, 6) is 1.72. The number of carbonyl (C=O) groups is 3. The lowest BCUT2D eigenvalue weighted by molar-refractivity contribution is -0.137. The van der Waals surface area contributed by atoms with Gasteiger partial charge in [-0.2, -0.15) is 0 Å². The molecule has 1 aromatic rings. The smallest absolute Gasteiger partial charge is 0.325 e. The van der Waals surface area contributed by atoms with Gasteiger partial charge in [0.25, 0.3) is 5.91 Å². The molecule has 1 spiro atoms. The second-order valence-electron chi connectivity index (χ2n) is 10.5. The topological polar surface area (TPSA) is 78.5 Å². The number of rotatable bonds is 3. The van der Waals surface area contributed by atoms with Crippen molar-refractivity contribution < 1.29 is 14.4 Å². The molecule has 7 rings (SSSR count). The van der Waals surface area contributed by atoms with E-state index in [4.69, 9.17) is 0 Å². The van der Waals surface area contributed by atoms with Gasteiger partial charge in [0.05, 0.1) is 0 Å². The Labute approximate surface area is 176 Å². The summed E-state index contributed by atoms with van der Waals surface area (Å²) in [6.07, 6.45) is 9.44. The Morgan fingerprint density at radius 2 is 1.73 bits per heavy atom. The van der Waals surface area contributed by atoms with Gasteiger partial charge in [-0.1, -0.05) is 24.3 Å². The van der Waals surface area contributed by atoms with Crippen LogP contribution in [0.3, 0.4) is 0 Å². The summed E-state index contributed by atoms with van der Waals surface area (Å²) in [4.78, 5) is 40.3. The van der Waals surface area contributed by atoms with Gasteiger partial charge in [-0.05, 0) is 86.7 Å². The maximum absolute atomic E-state index is 13.4. The Kier molecular flexibility index (Phi) is 3.87. The quantitative estimate of drug-likeness (QED) is 0.757. The van der Waals surface area contributed by atoms with Crippen LogP contribution in [-0.2, 0) is 21.5 Å². The van der Waals surface area contributed by atoms with Gasteiger partial charge in [0.1, 0.15) is 12.1 Å². The van der Waals surface area contributed by atoms with Gasteiger partial charge in [0.2, 0.25) is 5.91 Å². The van der Waals surface area contributed by atoms with Crippen molar-refractivity contribution >= 4 is 17.8 Å². The molecule has 6 nitrogen and oxygen atoms in total. The fourth-order valence-electron chi connectivity index (χ4n) is 7.70. The van der Waals surface area contributed by atoms with Crippen LogP contribution in [0.25, 0.3) is 0 Å². The number of carbonyl (C=O) groups excluding carboxylic acids is 3. The van der Waals surface area contributed by atoms with E-state index in [1.165, 1.54) is 19.3 Å². The first-order valence-corrected chi connectivity index (χ1v) is 11.5. The molecule has 1 saturated heterocycles. The van der Waals surface area contributed by atoms with E-state index in [9.17, 15) is 14.4 Å². The summed E-state index contributed by atoms with van der Waals surface area (Å²) in [6.45, 7) is -0.184. The number of hydrogen-bond donors (Lipinski definition) is 2. The van der Waals surface area contributed by atoms with Crippen LogP contribution in [0.4, 0.5) is 4.79 Å². The van der Waals surface area contributed by atoms with Crippen LogP contribution < -0.4 is 10.6 Å². The molecular weight excluding hydrogens is 378 g/mol. The average Bonchev–Trinajstić information content (AvgIpc) is 2.92. The number of aryl methyl sites for hydroxylation is 1. The summed E-state index contributed by atoms with van der Waals surface area (Å²) in [6, 6.07) is 7.39. The Morgan fingerprint density at radius 1 is 1.07 bits per heavy atom. The normalized spacial score (nSPS) is 38.7. The summed E-state index contributed by atoms with van der Waals surface area (Å²) in [7, 11) is 0. The number of hydrogen-bond acceptors (Lipinski definition) is 3. The highest BCUT2D eigenvalue weighted by Gasteiger charge is 2.55. The van der Waals surface area contributed by atoms with Crippen molar-refractivity contribution in [2.24, 2.45) is 17.8 Å². The molecule has 6 heteroatoms. The second-order valence-corrected chi connectivity index (χ2v) is 10.5. The Balaban J connectivity index is 1.20.